The summed E-state index contributed by atoms with van der Waals surface area (Å²) in [6, 6.07) is 19.5. The zero-order valence-corrected chi connectivity index (χ0v) is 34.4. The Balaban J connectivity index is 0.000000429. The number of likely N-dealkylation sites (N-methyl/N-ethyl adjacent to an activating group) is 2. The number of rotatable bonds is 8. The SMILES string of the molecule is C.CC.CC(C)c1cc(CN2CCN(C)CC2)cc(C(F)(F)F)c1.CC(C)c1ccccc1.CCN1CCN(Cc2cc(C(C)C)cc(C(F)(F)F)c2)CC1. The van der Waals surface area contributed by atoms with Crippen molar-refractivity contribution in [2.24, 2.45) is 0 Å². The van der Waals surface area contributed by atoms with Crippen molar-refractivity contribution in [2.45, 2.75) is 113 Å². The summed E-state index contributed by atoms with van der Waals surface area (Å²) in [5.74, 6) is 0.850. The number of alkyl halides is 6. The molecule has 3 aromatic rings. The fraction of sp³-hybridized carbons (Fsp3) is 0.600. The molecule has 2 aliphatic rings. The van der Waals surface area contributed by atoms with Crippen molar-refractivity contribution < 1.29 is 26.3 Å². The topological polar surface area (TPSA) is 13.0 Å². The van der Waals surface area contributed by atoms with E-state index in [1.54, 1.807) is 0 Å². The Morgan fingerprint density at radius 1 is 0.509 bits per heavy atom. The third-order valence-electron chi connectivity index (χ3n) is 9.80. The lowest BCUT2D eigenvalue weighted by molar-refractivity contribution is -0.138. The van der Waals surface area contributed by atoms with Crippen molar-refractivity contribution in [1.29, 1.82) is 0 Å². The molecule has 0 unspecified atom stereocenters. The largest absolute Gasteiger partial charge is 0.416 e. The van der Waals surface area contributed by atoms with Crippen LogP contribution in [-0.4, -0.2) is 85.6 Å². The van der Waals surface area contributed by atoms with Crippen LogP contribution in [-0.2, 0) is 25.4 Å². The molecule has 0 atom stereocenters. The Kier molecular flexibility index (Phi) is 21.8. The van der Waals surface area contributed by atoms with Gasteiger partial charge in [-0.1, -0.05) is 112 Å². The molecule has 4 nitrogen and oxygen atoms in total. The predicted octanol–water partition coefficient (Wildman–Crippen LogP) is 12.0. The highest BCUT2D eigenvalue weighted by Crippen LogP contribution is 2.34. The minimum absolute atomic E-state index is 0. The van der Waals surface area contributed by atoms with Gasteiger partial charge in [0.25, 0.3) is 0 Å². The van der Waals surface area contributed by atoms with Gasteiger partial charge in [-0.2, -0.15) is 26.3 Å². The van der Waals surface area contributed by atoms with Crippen LogP contribution in [0.4, 0.5) is 26.3 Å². The van der Waals surface area contributed by atoms with Crippen LogP contribution in [0.5, 0.6) is 0 Å². The second-order valence-electron chi connectivity index (χ2n) is 15.1. The maximum atomic E-state index is 13.1. The molecule has 2 heterocycles. The summed E-state index contributed by atoms with van der Waals surface area (Å²) < 4.78 is 78.3. The summed E-state index contributed by atoms with van der Waals surface area (Å²) in [4.78, 5) is 9.07. The molecular weight excluding hydrogens is 711 g/mol. The van der Waals surface area contributed by atoms with Gasteiger partial charge in [-0.25, -0.2) is 0 Å². The van der Waals surface area contributed by atoms with E-state index in [0.717, 1.165) is 81.2 Å². The number of hydrogen-bond acceptors (Lipinski definition) is 4. The lowest BCUT2D eigenvalue weighted by atomic mass is 9.97. The third kappa shape index (κ3) is 17.8. The van der Waals surface area contributed by atoms with Gasteiger partial charge in [0, 0.05) is 65.4 Å². The molecule has 2 aliphatic heterocycles. The Bertz CT molecular complexity index is 1470. The molecule has 0 aliphatic carbocycles. The molecule has 0 saturated carbocycles. The molecule has 0 bridgehead atoms. The van der Waals surface area contributed by atoms with Gasteiger partial charge in [-0.3, -0.25) is 9.80 Å². The molecular formula is C45H70F6N4. The van der Waals surface area contributed by atoms with E-state index >= 15 is 0 Å². The standard InChI is InChI=1S/C17H25F3N2.C16H23F3N2.C9H12.C2H6.CH4/c1-4-21-5-7-22(8-6-21)12-14-9-15(13(2)3)11-16(10-14)17(18,19)20;1-12(2)14-8-13(9-15(10-14)16(17,18)19)11-21-6-4-20(3)5-7-21;1-8(2)9-6-4-3-5-7-9;1-2;/h9-11,13H,4-8,12H2,1-3H3;8-10,12H,4-7,11H2,1-3H3;3-8H,1-2H3;1-2H3;1H4. The second kappa shape index (κ2) is 24.0. The Morgan fingerprint density at radius 2 is 0.855 bits per heavy atom. The summed E-state index contributed by atoms with van der Waals surface area (Å²) in [5, 5.41) is 0. The normalized spacial score (nSPS) is 16.1. The van der Waals surface area contributed by atoms with Gasteiger partial charge in [0.15, 0.2) is 0 Å². The monoisotopic (exact) mass is 781 g/mol. The number of benzene rings is 3. The molecule has 0 radical (unpaired) electrons. The Labute approximate surface area is 329 Å². The molecule has 2 saturated heterocycles. The summed E-state index contributed by atoms with van der Waals surface area (Å²) in [5.41, 5.74) is 3.41. The third-order valence-corrected chi connectivity index (χ3v) is 9.80. The number of hydrogen-bond donors (Lipinski definition) is 0. The molecule has 312 valence electrons. The van der Waals surface area contributed by atoms with Gasteiger partial charge < -0.3 is 9.80 Å². The Hall–Kier alpha value is -2.92. The van der Waals surface area contributed by atoms with Crippen molar-refractivity contribution in [2.75, 3.05) is 66.0 Å². The number of nitrogens with zero attached hydrogens (tertiary/aromatic N) is 4. The first-order chi connectivity index (χ1) is 25.3. The molecule has 55 heavy (non-hydrogen) atoms. The molecule has 0 aromatic heterocycles. The van der Waals surface area contributed by atoms with Gasteiger partial charge in [0.05, 0.1) is 11.1 Å². The molecule has 0 spiro atoms. The van der Waals surface area contributed by atoms with Crippen LogP contribution in [0.15, 0.2) is 66.7 Å². The van der Waals surface area contributed by atoms with E-state index in [9.17, 15) is 26.3 Å². The van der Waals surface area contributed by atoms with Gasteiger partial charge in [-0.15, -0.1) is 0 Å². The van der Waals surface area contributed by atoms with E-state index in [4.69, 9.17) is 0 Å². The van der Waals surface area contributed by atoms with E-state index in [0.29, 0.717) is 19.0 Å². The van der Waals surface area contributed by atoms with E-state index in [1.807, 2.05) is 59.7 Å². The first kappa shape index (κ1) is 50.1. The predicted molar refractivity (Wildman–Crippen MR) is 220 cm³/mol. The van der Waals surface area contributed by atoms with Crippen molar-refractivity contribution in [3.8, 4) is 0 Å². The fourth-order valence-corrected chi connectivity index (χ4v) is 6.24. The van der Waals surface area contributed by atoms with Gasteiger partial charge in [0.1, 0.15) is 0 Å². The molecule has 3 aromatic carbocycles. The van der Waals surface area contributed by atoms with Crippen molar-refractivity contribution >= 4 is 0 Å². The van der Waals surface area contributed by atoms with E-state index in [-0.39, 0.29) is 19.3 Å². The number of piperazine rings is 2. The van der Waals surface area contributed by atoms with Crippen LogP contribution < -0.4 is 0 Å². The molecule has 2 fully saturated rings. The van der Waals surface area contributed by atoms with Crippen LogP contribution in [0, 0.1) is 0 Å². The molecule has 0 N–H and O–H groups in total. The smallest absolute Gasteiger partial charge is 0.304 e. The van der Waals surface area contributed by atoms with Crippen LogP contribution >= 0.6 is 0 Å². The van der Waals surface area contributed by atoms with E-state index < -0.39 is 23.5 Å². The highest BCUT2D eigenvalue weighted by Gasteiger charge is 2.32. The maximum Gasteiger partial charge on any atom is 0.416 e. The minimum Gasteiger partial charge on any atom is -0.304 e. The summed E-state index contributed by atoms with van der Waals surface area (Å²) in [6.45, 7) is 28.1. The maximum absolute atomic E-state index is 13.1. The zero-order chi connectivity index (χ0) is 40.6. The second-order valence-corrected chi connectivity index (χ2v) is 15.1. The average Bonchev–Trinajstić information content (AvgIpc) is 3.13. The molecule has 10 heteroatoms. The quantitative estimate of drug-likeness (QED) is 0.211. The highest BCUT2D eigenvalue weighted by atomic mass is 19.4. The first-order valence-corrected chi connectivity index (χ1v) is 19.7. The molecule has 0 amide bonds. The zero-order valence-electron chi connectivity index (χ0n) is 34.4. The lowest BCUT2D eigenvalue weighted by Crippen LogP contribution is -2.45. The van der Waals surface area contributed by atoms with Crippen LogP contribution in [0.25, 0.3) is 0 Å². The molecule has 5 rings (SSSR count). The van der Waals surface area contributed by atoms with Crippen molar-refractivity contribution in [3.05, 3.63) is 106 Å². The van der Waals surface area contributed by atoms with Crippen molar-refractivity contribution in [3.63, 3.8) is 0 Å². The van der Waals surface area contributed by atoms with Gasteiger partial charge in [0.2, 0.25) is 0 Å². The first-order valence-electron chi connectivity index (χ1n) is 19.7. The number of halogens is 6. The van der Waals surface area contributed by atoms with Crippen LogP contribution in [0.1, 0.15) is 126 Å². The summed E-state index contributed by atoms with van der Waals surface area (Å²) in [6.07, 6.45) is -8.55. The Morgan fingerprint density at radius 3 is 1.16 bits per heavy atom. The minimum atomic E-state index is -4.28. The highest BCUT2D eigenvalue weighted by molar-refractivity contribution is 5.34. The van der Waals surface area contributed by atoms with Crippen molar-refractivity contribution in [1.82, 2.24) is 19.6 Å². The van der Waals surface area contributed by atoms with Gasteiger partial charge in [-0.05, 0) is 83.4 Å². The average molecular weight is 781 g/mol. The van der Waals surface area contributed by atoms with E-state index in [2.05, 4.69) is 71.7 Å². The summed E-state index contributed by atoms with van der Waals surface area (Å²) in [7, 11) is 2.07. The summed E-state index contributed by atoms with van der Waals surface area (Å²) >= 11 is 0. The van der Waals surface area contributed by atoms with E-state index in [1.165, 1.54) is 29.8 Å². The fourth-order valence-electron chi connectivity index (χ4n) is 6.24. The lowest BCUT2D eigenvalue weighted by Gasteiger charge is -2.34. The van der Waals surface area contributed by atoms with Crippen LogP contribution in [0.2, 0.25) is 0 Å². The van der Waals surface area contributed by atoms with Crippen LogP contribution in [0.3, 0.4) is 0 Å². The van der Waals surface area contributed by atoms with Gasteiger partial charge >= 0.3 is 12.4 Å².